The molecule has 4 rings (SSSR count). The highest BCUT2D eigenvalue weighted by atomic mass is 32.1. The van der Waals surface area contributed by atoms with Gasteiger partial charge in [-0.25, -0.2) is 4.98 Å². The number of carbonyl (C=O) groups excluding carboxylic acids is 1. The van der Waals surface area contributed by atoms with Crippen molar-refractivity contribution in [1.82, 2.24) is 19.8 Å². The van der Waals surface area contributed by atoms with Crippen molar-refractivity contribution < 1.29 is 4.79 Å². The lowest BCUT2D eigenvalue weighted by molar-refractivity contribution is 0.0627. The van der Waals surface area contributed by atoms with Crippen LogP contribution in [0, 0.1) is 4.64 Å². The zero-order valence-electron chi connectivity index (χ0n) is 13.6. The fourth-order valence-electron chi connectivity index (χ4n) is 3.05. The molecule has 0 atom stereocenters. The van der Waals surface area contributed by atoms with Crippen LogP contribution in [0.15, 0.2) is 42.6 Å². The molecule has 3 aromatic rings. The maximum Gasteiger partial charge on any atom is 0.256 e. The largest absolute Gasteiger partial charge is 0.352 e. The maximum absolute atomic E-state index is 12.6. The first kappa shape index (κ1) is 16.4. The van der Waals surface area contributed by atoms with Crippen molar-refractivity contribution in [2.75, 3.05) is 26.2 Å². The minimum atomic E-state index is 0.0153. The van der Waals surface area contributed by atoms with Gasteiger partial charge in [0.2, 0.25) is 0 Å². The van der Waals surface area contributed by atoms with E-state index in [9.17, 15) is 4.79 Å². The second-order valence-corrected chi connectivity index (χ2v) is 7.58. The minimum Gasteiger partial charge on any atom is -0.352 e. The number of aromatic nitrogens is 2. The van der Waals surface area contributed by atoms with Gasteiger partial charge < -0.3 is 9.88 Å². The molecule has 25 heavy (non-hydrogen) atoms. The summed E-state index contributed by atoms with van der Waals surface area (Å²) in [6.07, 6.45) is 1.75. The van der Waals surface area contributed by atoms with E-state index in [0.717, 1.165) is 30.2 Å². The Labute approximate surface area is 154 Å². The van der Waals surface area contributed by atoms with Crippen molar-refractivity contribution in [3.8, 4) is 0 Å². The van der Waals surface area contributed by atoms with Crippen molar-refractivity contribution in [3.05, 3.63) is 57.8 Å². The molecule has 1 amide bonds. The van der Waals surface area contributed by atoms with Crippen LogP contribution in [-0.2, 0) is 6.54 Å². The number of para-hydroxylation sites is 1. The lowest BCUT2D eigenvalue weighted by Gasteiger charge is -2.34. The normalized spacial score (nSPS) is 15.6. The molecule has 1 aliphatic rings. The Hall–Kier alpha value is -2.09. The summed E-state index contributed by atoms with van der Waals surface area (Å²) in [5.74, 6) is 0.0153. The molecule has 5 nitrogen and oxygen atoms in total. The van der Waals surface area contributed by atoms with Gasteiger partial charge in [0.1, 0.15) is 9.65 Å². The summed E-state index contributed by atoms with van der Waals surface area (Å²) >= 11 is 6.96. The van der Waals surface area contributed by atoms with E-state index < -0.39 is 0 Å². The Balaban J connectivity index is 1.39. The second-order valence-electron chi connectivity index (χ2n) is 6.06. The summed E-state index contributed by atoms with van der Waals surface area (Å²) in [6, 6.07) is 11.8. The zero-order valence-corrected chi connectivity index (χ0v) is 15.3. The molecule has 1 N–H and O–H groups in total. The standard InChI is InChI=1S/C18H18N4OS2/c23-18(13-4-3-7-19-17(13)24)22-10-8-21(9-11-22)12-16-20-14-5-1-2-6-15(14)25-16/h1-7H,8-12H2,(H,19,24). The third-order valence-corrected chi connectivity index (χ3v) is 5.76. The quantitative estimate of drug-likeness (QED) is 0.719. The van der Waals surface area contributed by atoms with Gasteiger partial charge in [0.25, 0.3) is 5.91 Å². The summed E-state index contributed by atoms with van der Waals surface area (Å²) in [5, 5.41) is 1.13. The fraction of sp³-hybridized carbons (Fsp3) is 0.278. The third kappa shape index (κ3) is 3.49. The van der Waals surface area contributed by atoms with Gasteiger partial charge >= 0.3 is 0 Å². The summed E-state index contributed by atoms with van der Waals surface area (Å²) < 4.78 is 1.73. The second kappa shape index (κ2) is 7.03. The Morgan fingerprint density at radius 2 is 1.96 bits per heavy atom. The van der Waals surface area contributed by atoms with Crippen molar-refractivity contribution >= 4 is 39.7 Å². The summed E-state index contributed by atoms with van der Waals surface area (Å²) in [7, 11) is 0. The van der Waals surface area contributed by atoms with Crippen LogP contribution in [0.1, 0.15) is 15.4 Å². The monoisotopic (exact) mass is 370 g/mol. The number of rotatable bonds is 3. The molecule has 0 unspecified atom stereocenters. The smallest absolute Gasteiger partial charge is 0.256 e. The molecule has 0 saturated carbocycles. The number of fused-ring (bicyclic) bond motifs is 1. The number of carbonyl (C=O) groups is 1. The number of nitrogens with zero attached hydrogens (tertiary/aromatic N) is 3. The first-order valence-electron chi connectivity index (χ1n) is 8.24. The number of H-pyrrole nitrogens is 1. The lowest BCUT2D eigenvalue weighted by atomic mass is 10.2. The highest BCUT2D eigenvalue weighted by Gasteiger charge is 2.23. The van der Waals surface area contributed by atoms with Crippen molar-refractivity contribution in [1.29, 1.82) is 0 Å². The van der Waals surface area contributed by atoms with Gasteiger partial charge in [0.05, 0.1) is 22.3 Å². The Morgan fingerprint density at radius 1 is 1.16 bits per heavy atom. The van der Waals surface area contributed by atoms with Crippen LogP contribution < -0.4 is 0 Å². The molecule has 1 aliphatic heterocycles. The van der Waals surface area contributed by atoms with Crippen LogP contribution >= 0.6 is 23.6 Å². The van der Waals surface area contributed by atoms with E-state index in [0.29, 0.717) is 23.3 Å². The van der Waals surface area contributed by atoms with E-state index in [2.05, 4.69) is 22.0 Å². The number of piperazine rings is 1. The van der Waals surface area contributed by atoms with Crippen molar-refractivity contribution in [2.45, 2.75) is 6.54 Å². The highest BCUT2D eigenvalue weighted by molar-refractivity contribution is 7.71. The number of amides is 1. The van der Waals surface area contributed by atoms with Crippen molar-refractivity contribution in [2.24, 2.45) is 0 Å². The van der Waals surface area contributed by atoms with Gasteiger partial charge in [0, 0.05) is 32.4 Å². The molecule has 0 bridgehead atoms. The molecule has 2 aromatic heterocycles. The molecule has 1 fully saturated rings. The third-order valence-electron chi connectivity index (χ3n) is 4.41. The van der Waals surface area contributed by atoms with Crippen LogP contribution in [0.3, 0.4) is 0 Å². The van der Waals surface area contributed by atoms with E-state index in [1.165, 1.54) is 4.70 Å². The fourth-order valence-corrected chi connectivity index (χ4v) is 4.28. The Kier molecular flexibility index (Phi) is 4.61. The zero-order chi connectivity index (χ0) is 17.2. The molecular formula is C18H18N4OS2. The van der Waals surface area contributed by atoms with Crippen LogP contribution in [-0.4, -0.2) is 51.9 Å². The van der Waals surface area contributed by atoms with E-state index >= 15 is 0 Å². The first-order chi connectivity index (χ1) is 12.2. The topological polar surface area (TPSA) is 52.2 Å². The first-order valence-corrected chi connectivity index (χ1v) is 9.47. The number of hydrogen-bond donors (Lipinski definition) is 1. The SMILES string of the molecule is O=C(c1ccc[nH]c1=S)N1CCN(Cc2nc3ccccc3s2)CC1. The molecule has 7 heteroatoms. The average molecular weight is 371 g/mol. The minimum absolute atomic E-state index is 0.0153. The van der Waals surface area contributed by atoms with E-state index in [4.69, 9.17) is 17.2 Å². The molecule has 1 aromatic carbocycles. The Bertz CT molecular complexity index is 924. The van der Waals surface area contributed by atoms with Crippen LogP contribution in [0.4, 0.5) is 0 Å². The highest BCUT2D eigenvalue weighted by Crippen LogP contribution is 2.23. The summed E-state index contributed by atoms with van der Waals surface area (Å²) in [5.41, 5.74) is 1.65. The number of pyridine rings is 1. The number of benzene rings is 1. The molecular weight excluding hydrogens is 352 g/mol. The van der Waals surface area contributed by atoms with Gasteiger partial charge in [-0.05, 0) is 24.3 Å². The number of thiazole rings is 1. The van der Waals surface area contributed by atoms with Crippen molar-refractivity contribution in [3.63, 3.8) is 0 Å². The van der Waals surface area contributed by atoms with Gasteiger partial charge in [-0.1, -0.05) is 24.4 Å². The lowest BCUT2D eigenvalue weighted by Crippen LogP contribution is -2.48. The van der Waals surface area contributed by atoms with Crippen LogP contribution in [0.5, 0.6) is 0 Å². The van der Waals surface area contributed by atoms with Gasteiger partial charge in [-0.15, -0.1) is 11.3 Å². The molecule has 3 heterocycles. The van der Waals surface area contributed by atoms with E-state index in [-0.39, 0.29) is 5.91 Å². The number of nitrogens with one attached hydrogen (secondary N) is 1. The summed E-state index contributed by atoms with van der Waals surface area (Å²) in [4.78, 5) is 24.5. The molecule has 0 spiro atoms. The Morgan fingerprint density at radius 3 is 2.72 bits per heavy atom. The molecule has 0 aliphatic carbocycles. The van der Waals surface area contributed by atoms with E-state index in [1.54, 1.807) is 23.6 Å². The molecule has 128 valence electrons. The number of aromatic amines is 1. The van der Waals surface area contributed by atoms with Gasteiger partial charge in [0.15, 0.2) is 0 Å². The van der Waals surface area contributed by atoms with Crippen LogP contribution in [0.25, 0.3) is 10.2 Å². The maximum atomic E-state index is 12.6. The van der Waals surface area contributed by atoms with Crippen LogP contribution in [0.2, 0.25) is 0 Å². The van der Waals surface area contributed by atoms with E-state index in [1.807, 2.05) is 23.1 Å². The predicted octanol–water partition coefficient (Wildman–Crippen LogP) is 3.31. The predicted molar refractivity (Wildman–Crippen MR) is 102 cm³/mol. The van der Waals surface area contributed by atoms with Gasteiger partial charge in [-0.3, -0.25) is 9.69 Å². The van der Waals surface area contributed by atoms with Gasteiger partial charge in [-0.2, -0.15) is 0 Å². The summed E-state index contributed by atoms with van der Waals surface area (Å²) in [6.45, 7) is 3.98. The molecule has 1 saturated heterocycles. The molecule has 0 radical (unpaired) electrons. The average Bonchev–Trinajstić information content (AvgIpc) is 3.04. The number of hydrogen-bond acceptors (Lipinski definition) is 5.